The summed E-state index contributed by atoms with van der Waals surface area (Å²) in [5.41, 5.74) is 0. The van der Waals surface area contributed by atoms with Crippen LogP contribution in [-0.2, 0) is 9.59 Å². The molecule has 20 heavy (non-hydrogen) atoms. The van der Waals surface area contributed by atoms with Crippen molar-refractivity contribution in [3.05, 3.63) is 0 Å². The van der Waals surface area contributed by atoms with Gasteiger partial charge in [0.2, 0.25) is 5.91 Å². The third-order valence-electron chi connectivity index (χ3n) is 2.37. The summed E-state index contributed by atoms with van der Waals surface area (Å²) >= 11 is 0. The molecule has 0 atom stereocenters. The van der Waals surface area contributed by atoms with E-state index in [1.165, 1.54) is 9.80 Å². The maximum Gasteiger partial charge on any atom is 0.317 e. The highest BCUT2D eigenvalue weighted by Gasteiger charge is 2.18. The second-order valence-corrected chi connectivity index (χ2v) is 3.94. The summed E-state index contributed by atoms with van der Waals surface area (Å²) in [5, 5.41) is 25.8. The van der Waals surface area contributed by atoms with Crippen LogP contribution in [0.1, 0.15) is 12.8 Å². The number of carbonyl (C=O) groups is 2. The van der Waals surface area contributed by atoms with Crippen LogP contribution < -0.4 is 0 Å². The van der Waals surface area contributed by atoms with Gasteiger partial charge in [-0.2, -0.15) is 10.5 Å². The van der Waals surface area contributed by atoms with Gasteiger partial charge in [-0.1, -0.05) is 5.92 Å². The summed E-state index contributed by atoms with van der Waals surface area (Å²) in [7, 11) is 0. The fourth-order valence-electron chi connectivity index (χ4n) is 1.51. The van der Waals surface area contributed by atoms with Gasteiger partial charge in [-0.25, -0.2) is 0 Å². The Labute approximate surface area is 118 Å². The van der Waals surface area contributed by atoms with Gasteiger partial charge in [-0.15, -0.1) is 6.42 Å². The van der Waals surface area contributed by atoms with Crippen molar-refractivity contribution in [1.29, 1.82) is 10.5 Å². The number of aliphatic carboxylic acids is 1. The molecule has 0 aromatic rings. The maximum atomic E-state index is 12.0. The molecule has 0 aromatic heterocycles. The van der Waals surface area contributed by atoms with E-state index in [9.17, 15) is 9.59 Å². The minimum absolute atomic E-state index is 0.0440. The summed E-state index contributed by atoms with van der Waals surface area (Å²) in [6.45, 7) is -0.00201. The van der Waals surface area contributed by atoms with Crippen molar-refractivity contribution in [2.75, 3.05) is 32.7 Å². The summed E-state index contributed by atoms with van der Waals surface area (Å²) in [4.78, 5) is 25.4. The molecule has 0 aliphatic rings. The monoisotopic (exact) mass is 276 g/mol. The number of carboxylic acid groups (broad SMARTS) is 1. The van der Waals surface area contributed by atoms with Crippen LogP contribution in [0.2, 0.25) is 0 Å². The standard InChI is InChI=1S/C13H16N4O3/c1-2-7-16(11-13(19)20)10-12(18)17(8-3-5-14)9-4-6-15/h1H,3-4,7-11H2,(H,19,20). The normalized spacial score (nSPS) is 9.30. The number of nitriles is 2. The molecule has 106 valence electrons. The van der Waals surface area contributed by atoms with Crippen molar-refractivity contribution in [3.63, 3.8) is 0 Å². The largest absolute Gasteiger partial charge is 0.480 e. The zero-order chi connectivity index (χ0) is 15.4. The lowest BCUT2D eigenvalue weighted by atomic mass is 10.3. The Balaban J connectivity index is 4.61. The Hall–Kier alpha value is -2.56. The molecular formula is C13H16N4O3. The van der Waals surface area contributed by atoms with E-state index in [-0.39, 0.29) is 51.5 Å². The van der Waals surface area contributed by atoms with Crippen molar-refractivity contribution < 1.29 is 14.7 Å². The molecule has 7 nitrogen and oxygen atoms in total. The molecule has 0 aromatic carbocycles. The van der Waals surface area contributed by atoms with Crippen LogP contribution in [0.5, 0.6) is 0 Å². The van der Waals surface area contributed by atoms with Gasteiger partial charge in [0, 0.05) is 13.1 Å². The van der Waals surface area contributed by atoms with E-state index in [1.807, 2.05) is 12.1 Å². The summed E-state index contributed by atoms with van der Waals surface area (Å²) < 4.78 is 0. The van der Waals surface area contributed by atoms with Crippen LogP contribution >= 0.6 is 0 Å². The molecule has 0 unspecified atom stereocenters. The fraction of sp³-hybridized carbons (Fsp3) is 0.538. The van der Waals surface area contributed by atoms with Gasteiger partial charge < -0.3 is 10.0 Å². The van der Waals surface area contributed by atoms with Crippen LogP contribution in [0.3, 0.4) is 0 Å². The first-order valence-corrected chi connectivity index (χ1v) is 5.94. The Morgan fingerprint density at radius 2 is 1.65 bits per heavy atom. The predicted molar refractivity (Wildman–Crippen MR) is 69.9 cm³/mol. The third-order valence-corrected chi connectivity index (χ3v) is 2.37. The molecule has 1 N–H and O–H groups in total. The molecule has 0 fully saturated rings. The summed E-state index contributed by atoms with van der Waals surface area (Å²) in [5.74, 6) is 0.875. The first-order chi connectivity index (χ1) is 9.54. The van der Waals surface area contributed by atoms with Gasteiger partial charge in [0.15, 0.2) is 0 Å². The number of terminal acetylenes is 1. The Bertz CT molecular complexity index is 438. The molecule has 0 aliphatic heterocycles. The Morgan fingerprint density at radius 1 is 1.10 bits per heavy atom. The number of carboxylic acids is 1. The molecule has 0 heterocycles. The van der Waals surface area contributed by atoms with Crippen molar-refractivity contribution in [3.8, 4) is 24.5 Å². The number of nitrogens with zero attached hydrogens (tertiary/aromatic N) is 4. The van der Waals surface area contributed by atoms with E-state index in [4.69, 9.17) is 22.1 Å². The van der Waals surface area contributed by atoms with Gasteiger partial charge >= 0.3 is 5.97 Å². The van der Waals surface area contributed by atoms with Gasteiger partial charge in [-0.05, 0) is 0 Å². The summed E-state index contributed by atoms with van der Waals surface area (Å²) in [6.07, 6.45) is 5.44. The lowest BCUT2D eigenvalue weighted by Gasteiger charge is -2.24. The van der Waals surface area contributed by atoms with E-state index >= 15 is 0 Å². The van der Waals surface area contributed by atoms with Crippen molar-refractivity contribution in [2.24, 2.45) is 0 Å². The van der Waals surface area contributed by atoms with Crippen LogP contribution in [-0.4, -0.2) is 59.5 Å². The van der Waals surface area contributed by atoms with Crippen LogP contribution in [0.25, 0.3) is 0 Å². The molecule has 0 radical (unpaired) electrons. The van der Waals surface area contributed by atoms with E-state index in [1.54, 1.807) is 0 Å². The number of rotatable bonds is 9. The third kappa shape index (κ3) is 7.71. The van der Waals surface area contributed by atoms with Crippen molar-refractivity contribution in [1.82, 2.24) is 9.80 Å². The van der Waals surface area contributed by atoms with Crippen LogP contribution in [0, 0.1) is 35.0 Å². The van der Waals surface area contributed by atoms with E-state index in [2.05, 4.69) is 5.92 Å². The van der Waals surface area contributed by atoms with E-state index in [0.717, 1.165) is 0 Å². The lowest BCUT2D eigenvalue weighted by Crippen LogP contribution is -2.43. The topological polar surface area (TPSA) is 108 Å². The maximum absolute atomic E-state index is 12.0. The summed E-state index contributed by atoms with van der Waals surface area (Å²) in [6, 6.07) is 3.85. The lowest BCUT2D eigenvalue weighted by molar-refractivity contribution is -0.139. The number of amides is 1. The second-order valence-electron chi connectivity index (χ2n) is 3.94. The van der Waals surface area contributed by atoms with Gasteiger partial charge in [0.05, 0.1) is 44.6 Å². The quantitative estimate of drug-likeness (QED) is 0.577. The molecule has 0 bridgehead atoms. The zero-order valence-electron chi connectivity index (χ0n) is 11.1. The highest BCUT2D eigenvalue weighted by atomic mass is 16.4. The van der Waals surface area contributed by atoms with Crippen LogP contribution in [0.15, 0.2) is 0 Å². The number of carbonyl (C=O) groups excluding carboxylic acids is 1. The molecule has 0 spiro atoms. The molecule has 1 amide bonds. The van der Waals surface area contributed by atoms with Gasteiger partial charge in [0.25, 0.3) is 0 Å². The number of hydrogen-bond donors (Lipinski definition) is 1. The van der Waals surface area contributed by atoms with Gasteiger partial charge in [0.1, 0.15) is 0 Å². The molecule has 0 saturated heterocycles. The zero-order valence-corrected chi connectivity index (χ0v) is 11.1. The minimum Gasteiger partial charge on any atom is -0.480 e. The average Bonchev–Trinajstić information content (AvgIpc) is 2.38. The van der Waals surface area contributed by atoms with Crippen LogP contribution in [0.4, 0.5) is 0 Å². The smallest absolute Gasteiger partial charge is 0.317 e. The molecule has 7 heteroatoms. The highest BCUT2D eigenvalue weighted by molar-refractivity contribution is 5.79. The van der Waals surface area contributed by atoms with E-state index < -0.39 is 5.97 Å². The first kappa shape index (κ1) is 17.4. The SMILES string of the molecule is C#CCN(CC(=O)O)CC(=O)N(CCC#N)CCC#N. The molecule has 0 aliphatic carbocycles. The van der Waals surface area contributed by atoms with Crippen molar-refractivity contribution >= 4 is 11.9 Å². The van der Waals surface area contributed by atoms with Gasteiger partial charge in [-0.3, -0.25) is 14.5 Å². The Kier molecular flexibility index (Phi) is 9.04. The molecular weight excluding hydrogens is 260 g/mol. The minimum atomic E-state index is -1.08. The average molecular weight is 276 g/mol. The predicted octanol–water partition coefficient (Wildman–Crippen LogP) is -0.338. The number of hydrogen-bond acceptors (Lipinski definition) is 5. The molecule has 0 saturated carbocycles. The second kappa shape index (κ2) is 10.4. The Morgan fingerprint density at radius 3 is 2.05 bits per heavy atom. The highest BCUT2D eigenvalue weighted by Crippen LogP contribution is 1.98. The van der Waals surface area contributed by atoms with E-state index in [0.29, 0.717) is 0 Å². The van der Waals surface area contributed by atoms with Crippen molar-refractivity contribution in [2.45, 2.75) is 12.8 Å². The molecule has 0 rings (SSSR count). The fourth-order valence-corrected chi connectivity index (χ4v) is 1.51. The first-order valence-electron chi connectivity index (χ1n) is 5.94.